The van der Waals surface area contributed by atoms with Gasteiger partial charge in [0, 0.05) is 5.54 Å². The van der Waals surface area contributed by atoms with Crippen LogP contribution in [0.4, 0.5) is 0 Å². The normalized spacial score (nSPS) is 13.0. The SMILES string of the molecule is CC(=O)CS(=O)(=O)NC(C)(C)C. The third-order valence-electron chi connectivity index (χ3n) is 0.855. The molecular formula is C7H15NO3S. The molecule has 0 spiro atoms. The molecule has 0 fully saturated rings. The predicted octanol–water partition coefficient (Wildman–Crippen LogP) is 0.293. The van der Waals surface area contributed by atoms with E-state index in [2.05, 4.69) is 4.72 Å². The van der Waals surface area contributed by atoms with Gasteiger partial charge in [0.15, 0.2) is 0 Å². The molecule has 0 aromatic carbocycles. The monoisotopic (exact) mass is 193 g/mol. The highest BCUT2D eigenvalue weighted by Crippen LogP contribution is 2.01. The highest BCUT2D eigenvalue weighted by Gasteiger charge is 2.20. The van der Waals surface area contributed by atoms with Crippen molar-refractivity contribution in [3.8, 4) is 0 Å². The van der Waals surface area contributed by atoms with Gasteiger partial charge in [-0.05, 0) is 27.7 Å². The van der Waals surface area contributed by atoms with Crippen LogP contribution in [0.5, 0.6) is 0 Å². The lowest BCUT2D eigenvalue weighted by molar-refractivity contribution is -0.114. The van der Waals surface area contributed by atoms with Crippen molar-refractivity contribution < 1.29 is 13.2 Å². The molecule has 0 aliphatic heterocycles. The van der Waals surface area contributed by atoms with Crippen LogP contribution in [-0.4, -0.2) is 25.5 Å². The van der Waals surface area contributed by atoms with Crippen molar-refractivity contribution >= 4 is 15.8 Å². The molecule has 0 aliphatic rings. The smallest absolute Gasteiger partial charge is 0.219 e. The van der Waals surface area contributed by atoms with Crippen molar-refractivity contribution in [3.63, 3.8) is 0 Å². The second-order valence-corrected chi connectivity index (χ2v) is 5.54. The average molecular weight is 193 g/mol. The van der Waals surface area contributed by atoms with Gasteiger partial charge in [-0.1, -0.05) is 0 Å². The number of nitrogens with one attached hydrogen (secondary N) is 1. The van der Waals surface area contributed by atoms with Gasteiger partial charge in [0.05, 0.1) is 0 Å². The van der Waals surface area contributed by atoms with Crippen LogP contribution in [-0.2, 0) is 14.8 Å². The minimum absolute atomic E-state index is 0.355. The van der Waals surface area contributed by atoms with Crippen LogP contribution in [0.1, 0.15) is 27.7 Å². The third kappa shape index (κ3) is 6.30. The Kier molecular flexibility index (Phi) is 3.41. The first-order chi connectivity index (χ1) is 5.12. The first-order valence-electron chi connectivity index (χ1n) is 3.63. The van der Waals surface area contributed by atoms with Gasteiger partial charge >= 0.3 is 0 Å². The fraction of sp³-hybridized carbons (Fsp3) is 0.857. The minimum atomic E-state index is -3.44. The fourth-order valence-electron chi connectivity index (χ4n) is 0.770. The predicted molar refractivity (Wildman–Crippen MR) is 47.4 cm³/mol. The van der Waals surface area contributed by atoms with Crippen LogP contribution in [0.2, 0.25) is 0 Å². The summed E-state index contributed by atoms with van der Waals surface area (Å²) >= 11 is 0. The van der Waals surface area contributed by atoms with Gasteiger partial charge in [-0.25, -0.2) is 13.1 Å². The molecule has 0 rings (SSSR count). The summed E-state index contributed by atoms with van der Waals surface area (Å²) in [5, 5.41) is 0. The number of hydrogen-bond acceptors (Lipinski definition) is 3. The molecule has 0 atom stereocenters. The van der Waals surface area contributed by atoms with E-state index in [0.717, 1.165) is 0 Å². The molecule has 0 saturated carbocycles. The number of sulfonamides is 1. The Labute approximate surface area is 73.4 Å². The van der Waals surface area contributed by atoms with E-state index in [1.54, 1.807) is 20.8 Å². The molecule has 0 aromatic rings. The highest BCUT2D eigenvalue weighted by atomic mass is 32.2. The molecule has 0 radical (unpaired) electrons. The lowest BCUT2D eigenvalue weighted by Crippen LogP contribution is -2.42. The van der Waals surface area contributed by atoms with E-state index in [1.165, 1.54) is 6.92 Å². The average Bonchev–Trinajstić information content (AvgIpc) is 1.48. The number of Topliss-reactive ketones (excluding diaryl/α,β-unsaturated/α-hetero) is 1. The Morgan fingerprint density at radius 2 is 1.75 bits per heavy atom. The minimum Gasteiger partial charge on any atom is -0.299 e. The topological polar surface area (TPSA) is 63.2 Å². The van der Waals surface area contributed by atoms with Crippen LogP contribution < -0.4 is 4.72 Å². The lowest BCUT2D eigenvalue weighted by atomic mass is 10.1. The van der Waals surface area contributed by atoms with E-state index in [-0.39, 0.29) is 5.78 Å². The molecule has 72 valence electrons. The van der Waals surface area contributed by atoms with Gasteiger partial charge in [0.2, 0.25) is 10.0 Å². The van der Waals surface area contributed by atoms with E-state index in [0.29, 0.717) is 0 Å². The van der Waals surface area contributed by atoms with Crippen LogP contribution >= 0.6 is 0 Å². The van der Waals surface area contributed by atoms with Crippen LogP contribution in [0, 0.1) is 0 Å². The van der Waals surface area contributed by atoms with Crippen molar-refractivity contribution in [2.45, 2.75) is 33.2 Å². The molecule has 4 nitrogen and oxygen atoms in total. The Morgan fingerprint density at radius 3 is 2.00 bits per heavy atom. The number of rotatable bonds is 3. The lowest BCUT2D eigenvalue weighted by Gasteiger charge is -2.19. The standard InChI is InChI=1S/C7H15NO3S/c1-6(9)5-12(10,11)8-7(2,3)4/h8H,5H2,1-4H3. The third-order valence-corrected chi connectivity index (χ3v) is 2.56. The summed E-state index contributed by atoms with van der Waals surface area (Å²) in [4.78, 5) is 10.5. The van der Waals surface area contributed by atoms with Gasteiger partial charge < -0.3 is 0 Å². The molecular weight excluding hydrogens is 178 g/mol. The second-order valence-electron chi connectivity index (χ2n) is 3.81. The molecule has 5 heteroatoms. The van der Waals surface area contributed by atoms with Crippen molar-refractivity contribution in [2.24, 2.45) is 0 Å². The Morgan fingerprint density at radius 1 is 1.33 bits per heavy atom. The summed E-state index contributed by atoms with van der Waals surface area (Å²) in [6, 6.07) is 0. The molecule has 0 aliphatic carbocycles. The van der Waals surface area contributed by atoms with Gasteiger partial charge in [-0.3, -0.25) is 4.79 Å². The highest BCUT2D eigenvalue weighted by molar-refractivity contribution is 7.90. The molecule has 0 aromatic heterocycles. The Balaban J connectivity index is 4.36. The first-order valence-corrected chi connectivity index (χ1v) is 5.29. The van der Waals surface area contributed by atoms with Crippen molar-refractivity contribution in [1.29, 1.82) is 0 Å². The Bertz CT molecular complexity index is 261. The molecule has 0 bridgehead atoms. The summed E-state index contributed by atoms with van der Waals surface area (Å²) in [5.74, 6) is -0.795. The Hall–Kier alpha value is -0.420. The number of carbonyl (C=O) groups is 1. The molecule has 0 unspecified atom stereocenters. The van der Waals surface area contributed by atoms with Gasteiger partial charge in [0.1, 0.15) is 11.5 Å². The largest absolute Gasteiger partial charge is 0.299 e. The van der Waals surface area contributed by atoms with E-state index in [4.69, 9.17) is 0 Å². The number of hydrogen-bond donors (Lipinski definition) is 1. The number of carbonyl (C=O) groups excluding carboxylic acids is 1. The molecule has 0 heterocycles. The summed E-state index contributed by atoms with van der Waals surface area (Å²) in [7, 11) is -3.44. The van der Waals surface area contributed by atoms with E-state index in [9.17, 15) is 13.2 Å². The summed E-state index contributed by atoms with van der Waals surface area (Å²) in [5.41, 5.74) is -0.520. The maximum atomic E-state index is 11.1. The maximum Gasteiger partial charge on any atom is 0.219 e. The van der Waals surface area contributed by atoms with Gasteiger partial charge in [0.25, 0.3) is 0 Å². The summed E-state index contributed by atoms with van der Waals surface area (Å²) in [6.45, 7) is 6.43. The second kappa shape index (κ2) is 3.53. The van der Waals surface area contributed by atoms with E-state index < -0.39 is 21.3 Å². The molecule has 0 saturated heterocycles. The molecule has 12 heavy (non-hydrogen) atoms. The number of ketones is 1. The van der Waals surface area contributed by atoms with Crippen molar-refractivity contribution in [3.05, 3.63) is 0 Å². The summed E-state index contributed by atoms with van der Waals surface area (Å²) in [6.07, 6.45) is 0. The summed E-state index contributed by atoms with van der Waals surface area (Å²) < 4.78 is 24.6. The van der Waals surface area contributed by atoms with Gasteiger partial charge in [-0.2, -0.15) is 0 Å². The fourth-order valence-corrected chi connectivity index (χ4v) is 2.31. The maximum absolute atomic E-state index is 11.1. The molecule has 1 N–H and O–H groups in total. The zero-order chi connectivity index (χ0) is 9.99. The zero-order valence-electron chi connectivity index (χ0n) is 7.84. The van der Waals surface area contributed by atoms with E-state index in [1.807, 2.05) is 0 Å². The first kappa shape index (κ1) is 11.6. The van der Waals surface area contributed by atoms with Crippen molar-refractivity contribution in [1.82, 2.24) is 4.72 Å². The van der Waals surface area contributed by atoms with Crippen molar-refractivity contribution in [2.75, 3.05) is 5.75 Å². The quantitative estimate of drug-likeness (QED) is 0.701. The van der Waals surface area contributed by atoms with Crippen LogP contribution in [0.25, 0.3) is 0 Å². The van der Waals surface area contributed by atoms with E-state index >= 15 is 0 Å². The van der Waals surface area contributed by atoms with Gasteiger partial charge in [-0.15, -0.1) is 0 Å². The van der Waals surface area contributed by atoms with Crippen LogP contribution in [0.15, 0.2) is 0 Å². The zero-order valence-corrected chi connectivity index (χ0v) is 8.66. The molecule has 0 amide bonds. The van der Waals surface area contributed by atoms with Crippen LogP contribution in [0.3, 0.4) is 0 Å².